The highest BCUT2D eigenvalue weighted by molar-refractivity contribution is 7.14. The number of nitrogens with one attached hydrogen (secondary N) is 1. The van der Waals surface area contributed by atoms with Crippen molar-refractivity contribution in [3.8, 4) is 11.5 Å². The number of methoxy groups -OCH3 is 1. The monoisotopic (exact) mass is 293 g/mol. The van der Waals surface area contributed by atoms with Gasteiger partial charge in [0, 0.05) is 5.56 Å². The van der Waals surface area contributed by atoms with Crippen molar-refractivity contribution in [3.63, 3.8) is 0 Å². The summed E-state index contributed by atoms with van der Waals surface area (Å²) in [4.78, 5) is 22.9. The lowest BCUT2D eigenvalue weighted by Gasteiger charge is -2.07. The zero-order valence-electron chi connectivity index (χ0n) is 10.4. The fourth-order valence-electron chi connectivity index (χ4n) is 1.58. The van der Waals surface area contributed by atoms with Gasteiger partial charge in [0.25, 0.3) is 5.91 Å². The van der Waals surface area contributed by atoms with Gasteiger partial charge in [-0.05, 0) is 29.6 Å². The Morgan fingerprint density at radius 2 is 2.05 bits per heavy atom. The maximum absolute atomic E-state index is 12.0. The molecule has 0 saturated carbocycles. The second-order valence-corrected chi connectivity index (χ2v) is 4.73. The molecule has 2 rings (SSSR count). The van der Waals surface area contributed by atoms with Gasteiger partial charge in [-0.15, -0.1) is 11.3 Å². The molecule has 0 spiro atoms. The Hall–Kier alpha value is -2.54. The minimum atomic E-state index is -1.11. The molecule has 20 heavy (non-hydrogen) atoms. The van der Waals surface area contributed by atoms with Crippen LogP contribution in [-0.4, -0.2) is 29.2 Å². The summed E-state index contributed by atoms with van der Waals surface area (Å²) in [6, 6.07) is 5.59. The van der Waals surface area contributed by atoms with Crippen LogP contribution in [0.5, 0.6) is 11.5 Å². The first-order valence-corrected chi connectivity index (χ1v) is 6.40. The number of carbonyl (C=O) groups excluding carboxylic acids is 1. The Bertz CT molecular complexity index is 665. The Balaban J connectivity index is 2.22. The van der Waals surface area contributed by atoms with Crippen molar-refractivity contribution in [3.05, 3.63) is 40.8 Å². The number of thiophene rings is 1. The van der Waals surface area contributed by atoms with Crippen molar-refractivity contribution in [2.45, 2.75) is 0 Å². The largest absolute Gasteiger partial charge is 0.504 e. The molecule has 1 amide bonds. The third-order valence-corrected chi connectivity index (χ3v) is 3.39. The highest BCUT2D eigenvalue weighted by Gasteiger charge is 2.15. The molecule has 0 aliphatic rings. The number of benzene rings is 1. The fourth-order valence-corrected chi connectivity index (χ4v) is 2.36. The van der Waals surface area contributed by atoms with Gasteiger partial charge in [0.05, 0.1) is 12.7 Å². The van der Waals surface area contributed by atoms with E-state index in [1.807, 2.05) is 0 Å². The fraction of sp³-hybridized carbons (Fsp3) is 0.0769. The van der Waals surface area contributed by atoms with Crippen LogP contribution in [0, 0.1) is 0 Å². The van der Waals surface area contributed by atoms with Crippen molar-refractivity contribution in [1.82, 2.24) is 0 Å². The van der Waals surface area contributed by atoms with Crippen LogP contribution in [0.3, 0.4) is 0 Å². The standard InChI is InChI=1S/C13H11NO5S/c1-19-10-3-2-7(6-9(10)15)11(16)14-12-8(13(17)18)4-5-20-12/h2-6,15H,1H3,(H,14,16)(H,17,18). The van der Waals surface area contributed by atoms with E-state index in [0.717, 1.165) is 11.3 Å². The number of carboxylic acid groups (broad SMARTS) is 1. The third kappa shape index (κ3) is 2.72. The number of carboxylic acids is 1. The van der Waals surface area contributed by atoms with Crippen molar-refractivity contribution >= 4 is 28.2 Å². The van der Waals surface area contributed by atoms with E-state index >= 15 is 0 Å². The van der Waals surface area contributed by atoms with Gasteiger partial charge in [-0.25, -0.2) is 4.79 Å². The van der Waals surface area contributed by atoms with Crippen molar-refractivity contribution in [2.75, 3.05) is 12.4 Å². The zero-order chi connectivity index (χ0) is 14.7. The molecule has 0 fully saturated rings. The van der Waals surface area contributed by atoms with Crippen LogP contribution in [-0.2, 0) is 0 Å². The van der Waals surface area contributed by atoms with Crippen LogP contribution in [0.1, 0.15) is 20.7 Å². The Kier molecular flexibility index (Phi) is 3.90. The van der Waals surface area contributed by atoms with E-state index < -0.39 is 11.9 Å². The Morgan fingerprint density at radius 3 is 2.65 bits per heavy atom. The van der Waals surface area contributed by atoms with Crippen LogP contribution in [0.15, 0.2) is 29.6 Å². The molecule has 1 heterocycles. The number of hydrogen-bond acceptors (Lipinski definition) is 5. The summed E-state index contributed by atoms with van der Waals surface area (Å²) in [5.74, 6) is -1.53. The number of aromatic carboxylic acids is 1. The van der Waals surface area contributed by atoms with E-state index in [4.69, 9.17) is 9.84 Å². The van der Waals surface area contributed by atoms with E-state index in [1.165, 1.54) is 31.4 Å². The first kappa shape index (κ1) is 13.9. The van der Waals surface area contributed by atoms with Gasteiger partial charge >= 0.3 is 5.97 Å². The summed E-state index contributed by atoms with van der Waals surface area (Å²) < 4.78 is 4.88. The minimum absolute atomic E-state index is 0.0288. The highest BCUT2D eigenvalue weighted by atomic mass is 32.1. The van der Waals surface area contributed by atoms with Gasteiger partial charge in [0.1, 0.15) is 5.00 Å². The molecule has 1 aromatic heterocycles. The zero-order valence-corrected chi connectivity index (χ0v) is 11.2. The second kappa shape index (κ2) is 5.62. The number of aromatic hydroxyl groups is 1. The molecule has 104 valence electrons. The van der Waals surface area contributed by atoms with Gasteiger partial charge in [-0.1, -0.05) is 0 Å². The van der Waals surface area contributed by atoms with Crippen LogP contribution in [0.25, 0.3) is 0 Å². The quantitative estimate of drug-likeness (QED) is 0.804. The Labute approximate surface area is 118 Å². The van der Waals surface area contributed by atoms with E-state index in [0.29, 0.717) is 0 Å². The van der Waals surface area contributed by atoms with Crippen LogP contribution >= 0.6 is 11.3 Å². The number of anilines is 1. The molecule has 6 nitrogen and oxygen atoms in total. The van der Waals surface area contributed by atoms with Crippen molar-refractivity contribution in [2.24, 2.45) is 0 Å². The van der Waals surface area contributed by atoms with Crippen LogP contribution < -0.4 is 10.1 Å². The number of hydrogen-bond donors (Lipinski definition) is 3. The average molecular weight is 293 g/mol. The highest BCUT2D eigenvalue weighted by Crippen LogP contribution is 2.28. The molecular weight excluding hydrogens is 282 g/mol. The van der Waals surface area contributed by atoms with Gasteiger partial charge in [0.15, 0.2) is 11.5 Å². The number of amides is 1. The van der Waals surface area contributed by atoms with Crippen molar-refractivity contribution < 1.29 is 24.5 Å². The number of rotatable bonds is 4. The molecule has 0 aliphatic carbocycles. The molecule has 3 N–H and O–H groups in total. The van der Waals surface area contributed by atoms with Crippen LogP contribution in [0.4, 0.5) is 5.00 Å². The van der Waals surface area contributed by atoms with E-state index in [2.05, 4.69) is 5.32 Å². The molecule has 0 atom stereocenters. The van der Waals surface area contributed by atoms with Crippen LogP contribution in [0.2, 0.25) is 0 Å². The summed E-state index contributed by atoms with van der Waals surface area (Å²) in [7, 11) is 1.40. The SMILES string of the molecule is COc1ccc(C(=O)Nc2sccc2C(=O)O)cc1O. The molecule has 1 aromatic carbocycles. The number of ether oxygens (including phenoxy) is 1. The average Bonchev–Trinajstić information content (AvgIpc) is 2.86. The smallest absolute Gasteiger partial charge is 0.338 e. The van der Waals surface area contributed by atoms with Gasteiger partial charge in [-0.2, -0.15) is 0 Å². The Morgan fingerprint density at radius 1 is 1.30 bits per heavy atom. The number of phenols is 1. The van der Waals surface area contributed by atoms with E-state index in [9.17, 15) is 14.7 Å². The summed E-state index contributed by atoms with van der Waals surface area (Å²) in [6.45, 7) is 0. The maximum Gasteiger partial charge on any atom is 0.338 e. The molecule has 2 aromatic rings. The molecule has 0 bridgehead atoms. The molecular formula is C13H11NO5S. The van der Waals surface area contributed by atoms with Crippen molar-refractivity contribution in [1.29, 1.82) is 0 Å². The van der Waals surface area contributed by atoms with Gasteiger partial charge in [-0.3, -0.25) is 4.79 Å². The lowest BCUT2D eigenvalue weighted by molar-refractivity contribution is 0.0698. The van der Waals surface area contributed by atoms with Gasteiger partial charge < -0.3 is 20.3 Å². The topological polar surface area (TPSA) is 95.9 Å². The maximum atomic E-state index is 12.0. The molecule has 0 aliphatic heterocycles. The molecule has 0 saturated heterocycles. The third-order valence-electron chi connectivity index (χ3n) is 2.56. The molecule has 0 unspecified atom stereocenters. The first-order chi connectivity index (χ1) is 9.52. The van der Waals surface area contributed by atoms with E-state index in [-0.39, 0.29) is 27.6 Å². The predicted molar refractivity (Wildman–Crippen MR) is 73.9 cm³/mol. The predicted octanol–water partition coefficient (Wildman–Crippen LogP) is 2.41. The van der Waals surface area contributed by atoms with E-state index in [1.54, 1.807) is 5.38 Å². The molecule has 7 heteroatoms. The lowest BCUT2D eigenvalue weighted by atomic mass is 10.2. The molecule has 0 radical (unpaired) electrons. The summed E-state index contributed by atoms with van der Waals surface area (Å²) in [5.41, 5.74) is 0.231. The normalized spacial score (nSPS) is 10.1. The summed E-state index contributed by atoms with van der Waals surface area (Å²) >= 11 is 1.11. The lowest BCUT2D eigenvalue weighted by Crippen LogP contribution is -2.13. The summed E-state index contributed by atoms with van der Waals surface area (Å²) in [6.07, 6.45) is 0. The minimum Gasteiger partial charge on any atom is -0.504 e. The number of phenolic OH excluding ortho intramolecular Hbond substituents is 1. The van der Waals surface area contributed by atoms with Gasteiger partial charge in [0.2, 0.25) is 0 Å². The summed E-state index contributed by atoms with van der Waals surface area (Å²) in [5, 5.41) is 22.9. The second-order valence-electron chi connectivity index (χ2n) is 3.81. The number of carbonyl (C=O) groups is 2. The first-order valence-electron chi connectivity index (χ1n) is 5.52.